The maximum Gasteiger partial charge on any atom is 0.338 e. The minimum absolute atomic E-state index is 0.00656. The van der Waals surface area contributed by atoms with E-state index in [4.69, 9.17) is 23.2 Å². The fraction of sp³-hybridized carbons (Fsp3) is 0. The van der Waals surface area contributed by atoms with Crippen LogP contribution in [-0.2, 0) is 0 Å². The van der Waals surface area contributed by atoms with Crippen molar-refractivity contribution < 1.29 is 19.8 Å². The van der Waals surface area contributed by atoms with Crippen molar-refractivity contribution in [3.63, 3.8) is 0 Å². The van der Waals surface area contributed by atoms with Crippen molar-refractivity contribution in [3.05, 3.63) is 57.6 Å². The summed E-state index contributed by atoms with van der Waals surface area (Å²) in [7, 11) is 0. The van der Waals surface area contributed by atoms with Crippen molar-refractivity contribution in [2.24, 2.45) is 0 Å². The molecule has 0 saturated heterocycles. The fourth-order valence-corrected chi connectivity index (χ4v) is 2.33. The number of hydrogen-bond acceptors (Lipinski definition) is 2. The van der Waals surface area contributed by atoms with Crippen molar-refractivity contribution in [1.29, 1.82) is 0 Å². The molecule has 0 fully saturated rings. The molecule has 0 radical (unpaired) electrons. The second-order valence-electron chi connectivity index (χ2n) is 3.95. The summed E-state index contributed by atoms with van der Waals surface area (Å²) in [6, 6.07) is 9.87. The standard InChI is InChI=1S/C14H8Cl2O4/c15-9-6-8(7-4-2-1-3-5-7)10(13(17)18)11(12(9)16)14(19)20/h1-6H,(H,17,18)(H,19,20). The summed E-state index contributed by atoms with van der Waals surface area (Å²) in [6.45, 7) is 0. The van der Waals surface area contributed by atoms with E-state index in [1.54, 1.807) is 30.3 Å². The molecule has 0 amide bonds. The zero-order valence-corrected chi connectivity index (χ0v) is 11.4. The molecular formula is C14H8Cl2O4. The summed E-state index contributed by atoms with van der Waals surface area (Å²) in [5, 5.41) is 18.2. The molecule has 0 unspecified atom stereocenters. The van der Waals surface area contributed by atoms with Gasteiger partial charge in [0.25, 0.3) is 0 Å². The number of carbonyl (C=O) groups is 2. The van der Waals surface area contributed by atoms with Crippen LogP contribution in [-0.4, -0.2) is 22.2 Å². The summed E-state index contributed by atoms with van der Waals surface area (Å²) in [5.41, 5.74) is -0.125. The SMILES string of the molecule is O=C(O)c1c(-c2ccccc2)cc(Cl)c(Cl)c1C(=O)O. The van der Waals surface area contributed by atoms with E-state index in [2.05, 4.69) is 0 Å². The molecule has 102 valence electrons. The van der Waals surface area contributed by atoms with Gasteiger partial charge in [0, 0.05) is 0 Å². The first-order valence-corrected chi connectivity index (χ1v) is 6.23. The Morgan fingerprint density at radius 3 is 1.95 bits per heavy atom. The van der Waals surface area contributed by atoms with Gasteiger partial charge in [-0.1, -0.05) is 53.5 Å². The lowest BCUT2D eigenvalue weighted by atomic mass is 9.95. The van der Waals surface area contributed by atoms with Gasteiger partial charge in [0.2, 0.25) is 0 Å². The number of aromatic carboxylic acids is 2. The minimum atomic E-state index is -1.44. The number of halogens is 2. The molecule has 6 heteroatoms. The highest BCUT2D eigenvalue weighted by Gasteiger charge is 2.26. The highest BCUT2D eigenvalue weighted by Crippen LogP contribution is 2.36. The molecule has 2 aromatic rings. The van der Waals surface area contributed by atoms with Gasteiger partial charge in [0.05, 0.1) is 21.2 Å². The monoisotopic (exact) mass is 310 g/mol. The summed E-state index contributed by atoms with van der Waals surface area (Å²) in [6.07, 6.45) is 0. The lowest BCUT2D eigenvalue weighted by Gasteiger charge is -2.12. The van der Waals surface area contributed by atoms with Gasteiger partial charge < -0.3 is 10.2 Å². The summed E-state index contributed by atoms with van der Waals surface area (Å²) >= 11 is 11.7. The van der Waals surface area contributed by atoms with Crippen LogP contribution in [0.25, 0.3) is 11.1 Å². The van der Waals surface area contributed by atoms with Gasteiger partial charge in [-0.3, -0.25) is 0 Å². The van der Waals surface area contributed by atoms with Crippen LogP contribution in [0.5, 0.6) is 0 Å². The van der Waals surface area contributed by atoms with E-state index >= 15 is 0 Å². The summed E-state index contributed by atoms with van der Waals surface area (Å²) in [4.78, 5) is 22.7. The molecule has 4 nitrogen and oxygen atoms in total. The van der Waals surface area contributed by atoms with Gasteiger partial charge in [-0.15, -0.1) is 0 Å². The topological polar surface area (TPSA) is 74.6 Å². The Balaban J connectivity index is 2.88. The largest absolute Gasteiger partial charge is 0.478 e. The molecule has 0 heterocycles. The highest BCUT2D eigenvalue weighted by atomic mass is 35.5. The van der Waals surface area contributed by atoms with Crippen LogP contribution in [0, 0.1) is 0 Å². The molecule has 0 atom stereocenters. The predicted octanol–water partition coefficient (Wildman–Crippen LogP) is 4.06. The fourth-order valence-electron chi connectivity index (χ4n) is 1.89. The third-order valence-corrected chi connectivity index (χ3v) is 3.52. The van der Waals surface area contributed by atoms with E-state index in [0.717, 1.165) is 0 Å². The lowest BCUT2D eigenvalue weighted by molar-refractivity contribution is 0.0652. The van der Waals surface area contributed by atoms with Gasteiger partial charge in [0.1, 0.15) is 0 Å². The number of benzene rings is 2. The molecular weight excluding hydrogens is 303 g/mol. The van der Waals surface area contributed by atoms with Gasteiger partial charge in [0.15, 0.2) is 0 Å². The Labute approximate surface area is 124 Å². The molecule has 2 aromatic carbocycles. The summed E-state index contributed by atoms with van der Waals surface area (Å²) < 4.78 is 0. The van der Waals surface area contributed by atoms with E-state index in [1.807, 2.05) is 0 Å². The Kier molecular flexibility index (Phi) is 3.97. The second-order valence-corrected chi connectivity index (χ2v) is 4.73. The van der Waals surface area contributed by atoms with Crippen LogP contribution in [0.4, 0.5) is 0 Å². The molecule has 0 saturated carbocycles. The van der Waals surface area contributed by atoms with Crippen LogP contribution in [0.15, 0.2) is 36.4 Å². The Morgan fingerprint density at radius 1 is 0.900 bits per heavy atom. The van der Waals surface area contributed by atoms with E-state index < -0.39 is 17.5 Å². The van der Waals surface area contributed by atoms with E-state index in [9.17, 15) is 19.8 Å². The van der Waals surface area contributed by atoms with Crippen molar-refractivity contribution in [2.45, 2.75) is 0 Å². The third-order valence-electron chi connectivity index (χ3n) is 2.73. The first kappa shape index (κ1) is 14.4. The van der Waals surface area contributed by atoms with Crippen molar-refractivity contribution in [3.8, 4) is 11.1 Å². The van der Waals surface area contributed by atoms with Crippen molar-refractivity contribution >= 4 is 35.1 Å². The molecule has 0 aromatic heterocycles. The van der Waals surface area contributed by atoms with E-state index in [0.29, 0.717) is 5.56 Å². The zero-order valence-electron chi connectivity index (χ0n) is 9.93. The minimum Gasteiger partial charge on any atom is -0.478 e. The van der Waals surface area contributed by atoms with Gasteiger partial charge in [-0.25, -0.2) is 9.59 Å². The lowest BCUT2D eigenvalue weighted by Crippen LogP contribution is -2.11. The first-order valence-electron chi connectivity index (χ1n) is 5.47. The maximum absolute atomic E-state index is 11.4. The molecule has 2 N–H and O–H groups in total. The molecule has 20 heavy (non-hydrogen) atoms. The normalized spacial score (nSPS) is 10.3. The Hall–Kier alpha value is -2.04. The van der Waals surface area contributed by atoms with Crippen LogP contribution >= 0.6 is 23.2 Å². The molecule has 0 aliphatic heterocycles. The number of hydrogen-bond donors (Lipinski definition) is 2. The van der Waals surface area contributed by atoms with Crippen molar-refractivity contribution in [1.82, 2.24) is 0 Å². The molecule has 0 aliphatic carbocycles. The number of rotatable bonds is 3. The molecule has 2 rings (SSSR count). The average molecular weight is 311 g/mol. The van der Waals surface area contributed by atoms with E-state index in [-0.39, 0.29) is 21.2 Å². The smallest absolute Gasteiger partial charge is 0.338 e. The van der Waals surface area contributed by atoms with Gasteiger partial charge in [-0.2, -0.15) is 0 Å². The first-order chi connectivity index (χ1) is 9.43. The Bertz CT molecular complexity index is 696. The molecule has 0 bridgehead atoms. The van der Waals surface area contributed by atoms with Crippen LogP contribution in [0.2, 0.25) is 10.0 Å². The summed E-state index contributed by atoms with van der Waals surface area (Å²) in [5.74, 6) is -2.81. The Morgan fingerprint density at radius 2 is 1.45 bits per heavy atom. The van der Waals surface area contributed by atoms with Crippen LogP contribution < -0.4 is 0 Å². The predicted molar refractivity (Wildman–Crippen MR) is 75.8 cm³/mol. The number of carboxylic acid groups (broad SMARTS) is 2. The third kappa shape index (κ3) is 2.48. The van der Waals surface area contributed by atoms with Gasteiger partial charge >= 0.3 is 11.9 Å². The molecule has 0 spiro atoms. The highest BCUT2D eigenvalue weighted by molar-refractivity contribution is 6.44. The van der Waals surface area contributed by atoms with Crippen LogP contribution in [0.1, 0.15) is 20.7 Å². The maximum atomic E-state index is 11.4. The van der Waals surface area contributed by atoms with Gasteiger partial charge in [-0.05, 0) is 17.2 Å². The average Bonchev–Trinajstić information content (AvgIpc) is 2.41. The van der Waals surface area contributed by atoms with E-state index in [1.165, 1.54) is 6.07 Å². The molecule has 0 aliphatic rings. The number of carboxylic acids is 2. The van der Waals surface area contributed by atoms with Crippen molar-refractivity contribution in [2.75, 3.05) is 0 Å². The van der Waals surface area contributed by atoms with Crippen LogP contribution in [0.3, 0.4) is 0 Å². The second kappa shape index (κ2) is 5.53. The quantitative estimate of drug-likeness (QED) is 0.896. The zero-order chi connectivity index (χ0) is 14.9.